The minimum absolute atomic E-state index is 0.0155. The zero-order chi connectivity index (χ0) is 23.4. The minimum atomic E-state index is -1.80. The van der Waals surface area contributed by atoms with Crippen LogP contribution in [0.5, 0.6) is 0 Å². The van der Waals surface area contributed by atoms with E-state index in [2.05, 4.69) is 56.4 Å². The predicted molar refractivity (Wildman–Crippen MR) is 122 cm³/mol. The molecule has 0 saturated heterocycles. The lowest BCUT2D eigenvalue weighted by molar-refractivity contribution is -0.180. The van der Waals surface area contributed by atoms with Crippen molar-refractivity contribution in [3.05, 3.63) is 94.2 Å². The van der Waals surface area contributed by atoms with Crippen LogP contribution < -0.4 is 0 Å². The molecule has 170 valence electrons. The van der Waals surface area contributed by atoms with Gasteiger partial charge in [-0.2, -0.15) is 0 Å². The second kappa shape index (κ2) is 7.24. The largest absolute Gasteiger partial charge is 0.509 e. The quantitative estimate of drug-likeness (QED) is 0.384. The first-order valence-corrected chi connectivity index (χ1v) is 11.3. The van der Waals surface area contributed by atoms with Gasteiger partial charge in [-0.15, -0.1) is 0 Å². The maximum atomic E-state index is 11.4. The summed E-state index contributed by atoms with van der Waals surface area (Å²) < 4.78 is 10.1. The number of hydrogen-bond donors (Lipinski definition) is 2. The molecule has 0 aromatic rings. The summed E-state index contributed by atoms with van der Waals surface area (Å²) in [5.74, 6) is -1.80. The first-order chi connectivity index (χ1) is 15.8. The number of hydrogen-bond acceptors (Lipinski definition) is 4. The maximum Gasteiger partial charge on any atom is 0.509 e. The van der Waals surface area contributed by atoms with E-state index >= 15 is 0 Å². The van der Waals surface area contributed by atoms with Gasteiger partial charge >= 0.3 is 12.3 Å². The van der Waals surface area contributed by atoms with Crippen molar-refractivity contribution in [3.63, 3.8) is 0 Å². The van der Waals surface area contributed by atoms with E-state index in [4.69, 9.17) is 9.47 Å². The van der Waals surface area contributed by atoms with Crippen LogP contribution in [-0.2, 0) is 9.47 Å². The summed E-state index contributed by atoms with van der Waals surface area (Å²) in [5.41, 5.74) is 5.99. The van der Waals surface area contributed by atoms with Crippen molar-refractivity contribution in [3.8, 4) is 0 Å². The Hall–Kier alpha value is -3.54. The normalized spacial score (nSPS) is 30.1. The van der Waals surface area contributed by atoms with Crippen LogP contribution in [0.25, 0.3) is 0 Å². The van der Waals surface area contributed by atoms with Crippen LogP contribution in [-0.4, -0.2) is 28.3 Å². The van der Waals surface area contributed by atoms with Crippen LogP contribution in [0.3, 0.4) is 0 Å². The molecule has 0 radical (unpaired) electrons. The second-order valence-corrected chi connectivity index (χ2v) is 8.96. The number of rotatable bonds is 4. The maximum absolute atomic E-state index is 11.4. The molecule has 5 aliphatic carbocycles. The summed E-state index contributed by atoms with van der Waals surface area (Å²) >= 11 is 0. The Labute approximate surface area is 192 Å². The average Bonchev–Trinajstić information content (AvgIpc) is 3.03. The molecular weight excluding hydrogens is 420 g/mol. The summed E-state index contributed by atoms with van der Waals surface area (Å²) in [4.78, 5) is 22.8. The van der Waals surface area contributed by atoms with E-state index in [9.17, 15) is 19.8 Å². The molecule has 2 unspecified atom stereocenters. The van der Waals surface area contributed by atoms with Gasteiger partial charge in [-0.25, -0.2) is 9.59 Å². The monoisotopic (exact) mass is 446 g/mol. The molecule has 0 aromatic carbocycles. The van der Waals surface area contributed by atoms with Crippen molar-refractivity contribution in [1.82, 2.24) is 0 Å². The van der Waals surface area contributed by atoms with Crippen molar-refractivity contribution in [2.45, 2.75) is 45.3 Å². The first kappa shape index (κ1) is 21.3. The molecule has 5 aliphatic rings. The summed E-state index contributed by atoms with van der Waals surface area (Å²) in [6.07, 6.45) is 20.1. The molecular formula is C27H26O6. The Kier molecular flexibility index (Phi) is 4.67. The van der Waals surface area contributed by atoms with Crippen molar-refractivity contribution in [2.75, 3.05) is 0 Å². The number of allylic oxidation sites excluding steroid dienone is 14. The third kappa shape index (κ3) is 2.79. The molecule has 5 rings (SSSR count). The fourth-order valence-electron chi connectivity index (χ4n) is 6.36. The SMILES string of the molecule is CCC1=C(CC)C2=CC=C3C=CC=CC34C=C3CC(OC(=O)O)(OC(=O)O)CC=C3C24C=C1. The highest BCUT2D eigenvalue weighted by molar-refractivity contribution is 5.74. The topological polar surface area (TPSA) is 93.1 Å². The second-order valence-electron chi connectivity index (χ2n) is 8.96. The van der Waals surface area contributed by atoms with Crippen molar-refractivity contribution in [1.29, 1.82) is 0 Å². The summed E-state index contributed by atoms with van der Waals surface area (Å²) in [5, 5.41) is 18.6. The highest BCUT2D eigenvalue weighted by Crippen LogP contribution is 2.70. The van der Waals surface area contributed by atoms with Crippen molar-refractivity contribution >= 4 is 12.3 Å². The fourth-order valence-corrected chi connectivity index (χ4v) is 6.36. The van der Waals surface area contributed by atoms with E-state index in [0.717, 1.165) is 29.6 Å². The van der Waals surface area contributed by atoms with Crippen molar-refractivity contribution < 1.29 is 29.3 Å². The number of carbonyl (C=O) groups is 2. The molecule has 0 aliphatic heterocycles. The third-order valence-corrected chi connectivity index (χ3v) is 7.51. The summed E-state index contributed by atoms with van der Waals surface area (Å²) in [6, 6.07) is 0. The Bertz CT molecular complexity index is 1180. The van der Waals surface area contributed by atoms with Crippen LogP contribution >= 0.6 is 0 Å². The average molecular weight is 446 g/mol. The van der Waals surface area contributed by atoms with Crippen LogP contribution in [0.15, 0.2) is 94.2 Å². The molecule has 0 heterocycles. The lowest BCUT2D eigenvalue weighted by atomic mass is 9.50. The van der Waals surface area contributed by atoms with Gasteiger partial charge in [-0.1, -0.05) is 74.6 Å². The lowest BCUT2D eigenvalue weighted by Crippen LogP contribution is -2.45. The third-order valence-electron chi connectivity index (χ3n) is 7.51. The Morgan fingerprint density at radius 1 is 0.970 bits per heavy atom. The van der Waals surface area contributed by atoms with E-state index in [1.54, 1.807) is 0 Å². The Morgan fingerprint density at radius 2 is 1.73 bits per heavy atom. The molecule has 0 saturated carbocycles. The molecule has 0 bridgehead atoms. The van der Waals surface area contributed by atoms with Gasteiger partial charge in [0.15, 0.2) is 0 Å². The highest BCUT2D eigenvalue weighted by atomic mass is 16.8. The molecule has 0 fully saturated rings. The number of fused-ring (bicyclic) bond motifs is 1. The van der Waals surface area contributed by atoms with Crippen LogP contribution in [0.1, 0.15) is 39.5 Å². The van der Waals surface area contributed by atoms with E-state index in [1.807, 2.05) is 18.2 Å². The standard InChI is InChI=1S/C27H26O6/c1-3-17-10-14-27-21-11-13-26(32-23(28)29,33-24(30)31)16-18(21)15-25(27)12-6-5-7-19(25)8-9-22(27)20(17)4-2/h5-12,14-15H,3-4,13,16H2,1-2H3,(H,28,29)(H,30,31). The minimum Gasteiger partial charge on any atom is -0.450 e. The first-order valence-electron chi connectivity index (χ1n) is 11.3. The molecule has 0 aromatic heterocycles. The molecule has 2 N–H and O–H groups in total. The van der Waals surface area contributed by atoms with Gasteiger partial charge in [0.1, 0.15) is 0 Å². The molecule has 2 atom stereocenters. The van der Waals surface area contributed by atoms with Gasteiger partial charge < -0.3 is 19.7 Å². The van der Waals surface area contributed by atoms with Crippen molar-refractivity contribution in [2.24, 2.45) is 10.8 Å². The summed E-state index contributed by atoms with van der Waals surface area (Å²) in [7, 11) is 0. The Balaban J connectivity index is 1.73. The predicted octanol–water partition coefficient (Wildman–Crippen LogP) is 6.38. The van der Waals surface area contributed by atoms with E-state index < -0.39 is 28.9 Å². The Morgan fingerprint density at radius 3 is 2.39 bits per heavy atom. The number of ether oxygens (including phenoxy) is 2. The fraction of sp³-hybridized carbons (Fsp3) is 0.333. The summed E-state index contributed by atoms with van der Waals surface area (Å²) in [6.45, 7) is 4.34. The van der Waals surface area contributed by atoms with Gasteiger partial charge in [0.25, 0.3) is 5.79 Å². The van der Waals surface area contributed by atoms with Gasteiger partial charge in [-0.05, 0) is 46.3 Å². The number of carboxylic acid groups (broad SMARTS) is 2. The van der Waals surface area contributed by atoms with Crippen LogP contribution in [0, 0.1) is 10.8 Å². The van der Waals surface area contributed by atoms with E-state index in [1.165, 1.54) is 16.7 Å². The van der Waals surface area contributed by atoms with Crippen LogP contribution in [0.2, 0.25) is 0 Å². The van der Waals surface area contributed by atoms with Crippen LogP contribution in [0.4, 0.5) is 9.59 Å². The van der Waals surface area contributed by atoms with Gasteiger partial charge in [0.05, 0.1) is 11.8 Å². The van der Waals surface area contributed by atoms with Gasteiger partial charge in [0, 0.05) is 11.8 Å². The zero-order valence-electron chi connectivity index (χ0n) is 18.6. The van der Waals surface area contributed by atoms with E-state index in [-0.39, 0.29) is 12.8 Å². The zero-order valence-corrected chi connectivity index (χ0v) is 18.6. The van der Waals surface area contributed by atoms with Gasteiger partial charge in [-0.3, -0.25) is 0 Å². The molecule has 6 heteroatoms. The molecule has 0 amide bonds. The van der Waals surface area contributed by atoms with E-state index in [0.29, 0.717) is 0 Å². The lowest BCUT2D eigenvalue weighted by Gasteiger charge is -2.51. The highest BCUT2D eigenvalue weighted by Gasteiger charge is 2.62. The molecule has 33 heavy (non-hydrogen) atoms. The smallest absolute Gasteiger partial charge is 0.450 e. The molecule has 6 nitrogen and oxygen atoms in total. The van der Waals surface area contributed by atoms with Gasteiger partial charge in [0.2, 0.25) is 0 Å². The molecule has 2 spiro atoms.